The van der Waals surface area contributed by atoms with Gasteiger partial charge in [0.25, 0.3) is 0 Å². The summed E-state index contributed by atoms with van der Waals surface area (Å²) in [5.74, 6) is 0. The van der Waals surface area contributed by atoms with Gasteiger partial charge in [0.05, 0.1) is 0 Å². The van der Waals surface area contributed by atoms with Crippen LogP contribution in [0.1, 0.15) is 0 Å². The maximum atomic E-state index is 2.35. The summed E-state index contributed by atoms with van der Waals surface area (Å²) < 4.78 is 1.24. The number of benzene rings is 6. The number of anilines is 3. The molecular weight excluding hydrogens is 573 g/mol. The summed E-state index contributed by atoms with van der Waals surface area (Å²) in [5.41, 5.74) is 10.6. The van der Waals surface area contributed by atoms with Gasteiger partial charge in [-0.15, -0.1) is 0 Å². The molecule has 0 saturated heterocycles. The number of rotatable bonds is 6. The molecule has 2 heteroatoms. The lowest BCUT2D eigenvalue weighted by Gasteiger charge is -2.27. The molecule has 0 aliphatic rings. The lowest BCUT2D eigenvalue weighted by Crippen LogP contribution is -2.10. The number of hydrogen-bond donors (Lipinski definition) is 0. The van der Waals surface area contributed by atoms with Crippen molar-refractivity contribution in [2.24, 2.45) is 0 Å². The zero-order chi connectivity index (χ0) is 25.7. The molecule has 0 aliphatic heterocycles. The zero-order valence-electron chi connectivity index (χ0n) is 20.8. The maximum absolute atomic E-state index is 2.35. The van der Waals surface area contributed by atoms with Gasteiger partial charge in [-0.1, -0.05) is 109 Å². The van der Waals surface area contributed by atoms with Crippen LogP contribution in [0, 0.1) is 3.57 Å². The minimum absolute atomic E-state index is 1.12. The highest BCUT2D eigenvalue weighted by Crippen LogP contribution is 2.38. The molecule has 182 valence electrons. The Labute approximate surface area is 238 Å². The highest BCUT2D eigenvalue weighted by molar-refractivity contribution is 14.1. The zero-order valence-corrected chi connectivity index (χ0v) is 23.0. The average Bonchev–Trinajstić information content (AvgIpc) is 2.99. The summed E-state index contributed by atoms with van der Waals surface area (Å²) >= 11 is 2.35. The molecule has 6 aromatic rings. The summed E-state index contributed by atoms with van der Waals surface area (Å²) in [6.07, 6.45) is 0. The van der Waals surface area contributed by atoms with Gasteiger partial charge in [-0.05, 0) is 105 Å². The Kier molecular flexibility index (Phi) is 7.05. The number of halogens is 1. The van der Waals surface area contributed by atoms with Crippen molar-refractivity contribution < 1.29 is 0 Å². The van der Waals surface area contributed by atoms with E-state index in [0.29, 0.717) is 0 Å². The van der Waals surface area contributed by atoms with Gasteiger partial charge in [0, 0.05) is 20.6 Å². The minimum Gasteiger partial charge on any atom is -0.310 e. The summed E-state index contributed by atoms with van der Waals surface area (Å²) in [5, 5.41) is 0. The van der Waals surface area contributed by atoms with E-state index in [1.165, 1.54) is 37.0 Å². The molecule has 6 rings (SSSR count). The Hall–Kier alpha value is -4.15. The standard InChI is InChI=1S/C36H26IN/c37-33-21-17-29(18-22-33)30-19-23-34(24-20-30)38(35-15-7-13-31(25-35)27-9-3-1-4-10-27)36-16-8-14-32(26-36)28-11-5-2-6-12-28/h1-26H. The molecule has 6 aromatic carbocycles. The molecule has 0 fully saturated rings. The van der Waals surface area contributed by atoms with Crippen LogP contribution < -0.4 is 4.90 Å². The third kappa shape index (κ3) is 5.27. The van der Waals surface area contributed by atoms with Crippen molar-refractivity contribution in [2.45, 2.75) is 0 Å². The second-order valence-electron chi connectivity index (χ2n) is 9.22. The summed E-state index contributed by atoms with van der Waals surface area (Å²) in [6, 6.07) is 56.2. The van der Waals surface area contributed by atoms with Gasteiger partial charge in [-0.2, -0.15) is 0 Å². The number of hydrogen-bond acceptors (Lipinski definition) is 1. The SMILES string of the molecule is Ic1ccc(-c2ccc(N(c3cccc(-c4ccccc4)c3)c3cccc(-c4ccccc4)c3)cc2)cc1. The van der Waals surface area contributed by atoms with Gasteiger partial charge in [0.2, 0.25) is 0 Å². The van der Waals surface area contributed by atoms with Gasteiger partial charge < -0.3 is 4.90 Å². The highest BCUT2D eigenvalue weighted by Gasteiger charge is 2.15. The van der Waals surface area contributed by atoms with E-state index < -0.39 is 0 Å². The van der Waals surface area contributed by atoms with Crippen molar-refractivity contribution in [3.05, 3.63) is 161 Å². The van der Waals surface area contributed by atoms with E-state index >= 15 is 0 Å². The largest absolute Gasteiger partial charge is 0.310 e. The highest BCUT2D eigenvalue weighted by atomic mass is 127. The lowest BCUT2D eigenvalue weighted by molar-refractivity contribution is 1.28. The monoisotopic (exact) mass is 599 g/mol. The van der Waals surface area contributed by atoms with Crippen LogP contribution in [0.15, 0.2) is 158 Å². The molecule has 0 unspecified atom stereocenters. The first kappa shape index (κ1) is 24.2. The van der Waals surface area contributed by atoms with Crippen LogP contribution in [0.4, 0.5) is 17.1 Å². The van der Waals surface area contributed by atoms with E-state index in [1.807, 2.05) is 0 Å². The second-order valence-corrected chi connectivity index (χ2v) is 10.5. The molecule has 0 atom stereocenters. The Morgan fingerprint density at radius 1 is 0.316 bits per heavy atom. The maximum Gasteiger partial charge on any atom is 0.0467 e. The third-order valence-electron chi connectivity index (χ3n) is 6.73. The predicted octanol–water partition coefficient (Wildman–Crippen LogP) is 10.8. The molecule has 0 N–H and O–H groups in total. The first-order valence-corrected chi connectivity index (χ1v) is 13.8. The normalized spacial score (nSPS) is 10.8. The summed E-state index contributed by atoms with van der Waals surface area (Å²) in [4.78, 5) is 2.34. The van der Waals surface area contributed by atoms with Crippen molar-refractivity contribution in [1.82, 2.24) is 0 Å². The van der Waals surface area contributed by atoms with Gasteiger partial charge >= 0.3 is 0 Å². The first-order chi connectivity index (χ1) is 18.7. The van der Waals surface area contributed by atoms with Crippen LogP contribution in [0.2, 0.25) is 0 Å². The van der Waals surface area contributed by atoms with Crippen molar-refractivity contribution in [1.29, 1.82) is 0 Å². The molecule has 0 spiro atoms. The topological polar surface area (TPSA) is 3.24 Å². The Morgan fingerprint density at radius 2 is 0.711 bits per heavy atom. The van der Waals surface area contributed by atoms with E-state index in [4.69, 9.17) is 0 Å². The lowest BCUT2D eigenvalue weighted by atomic mass is 10.0. The minimum atomic E-state index is 1.12. The number of nitrogens with zero attached hydrogens (tertiary/aromatic N) is 1. The fraction of sp³-hybridized carbons (Fsp3) is 0. The van der Waals surface area contributed by atoms with Crippen LogP contribution in [0.5, 0.6) is 0 Å². The molecule has 0 aliphatic carbocycles. The van der Waals surface area contributed by atoms with E-state index in [1.54, 1.807) is 0 Å². The van der Waals surface area contributed by atoms with Crippen LogP contribution >= 0.6 is 22.6 Å². The summed E-state index contributed by atoms with van der Waals surface area (Å²) in [6.45, 7) is 0. The fourth-order valence-corrected chi connectivity index (χ4v) is 5.16. The molecule has 0 heterocycles. The molecule has 0 aromatic heterocycles. The third-order valence-corrected chi connectivity index (χ3v) is 7.45. The summed E-state index contributed by atoms with van der Waals surface area (Å²) in [7, 11) is 0. The molecule has 0 saturated carbocycles. The molecule has 0 radical (unpaired) electrons. The van der Waals surface area contributed by atoms with Gasteiger partial charge in [-0.3, -0.25) is 0 Å². The van der Waals surface area contributed by atoms with E-state index in [2.05, 4.69) is 185 Å². The van der Waals surface area contributed by atoms with Crippen molar-refractivity contribution in [3.63, 3.8) is 0 Å². The van der Waals surface area contributed by atoms with Crippen LogP contribution in [0.25, 0.3) is 33.4 Å². The smallest absolute Gasteiger partial charge is 0.0467 e. The van der Waals surface area contributed by atoms with E-state index in [9.17, 15) is 0 Å². The van der Waals surface area contributed by atoms with Gasteiger partial charge in [0.15, 0.2) is 0 Å². The van der Waals surface area contributed by atoms with Crippen molar-refractivity contribution in [3.8, 4) is 33.4 Å². The second kappa shape index (κ2) is 11.1. The Morgan fingerprint density at radius 3 is 1.18 bits per heavy atom. The predicted molar refractivity (Wildman–Crippen MR) is 170 cm³/mol. The van der Waals surface area contributed by atoms with E-state index in [0.717, 1.165) is 17.1 Å². The van der Waals surface area contributed by atoms with Gasteiger partial charge in [0.1, 0.15) is 0 Å². The molecule has 1 nitrogen and oxygen atoms in total. The fourth-order valence-electron chi connectivity index (χ4n) is 4.80. The van der Waals surface area contributed by atoms with Gasteiger partial charge in [-0.25, -0.2) is 0 Å². The Bertz CT molecular complexity index is 1560. The molecule has 0 bridgehead atoms. The van der Waals surface area contributed by atoms with Crippen LogP contribution in [-0.4, -0.2) is 0 Å². The van der Waals surface area contributed by atoms with Crippen molar-refractivity contribution in [2.75, 3.05) is 4.90 Å². The van der Waals surface area contributed by atoms with Crippen LogP contribution in [0.3, 0.4) is 0 Å². The first-order valence-electron chi connectivity index (χ1n) is 12.7. The van der Waals surface area contributed by atoms with Crippen molar-refractivity contribution >= 4 is 39.7 Å². The van der Waals surface area contributed by atoms with E-state index in [-0.39, 0.29) is 0 Å². The Balaban J connectivity index is 1.45. The quantitative estimate of drug-likeness (QED) is 0.172. The molecular formula is C36H26IN. The average molecular weight is 600 g/mol. The molecule has 0 amide bonds. The van der Waals surface area contributed by atoms with Crippen LogP contribution in [-0.2, 0) is 0 Å². The molecule has 38 heavy (non-hydrogen) atoms.